The summed E-state index contributed by atoms with van der Waals surface area (Å²) in [4.78, 5) is 0. The van der Waals surface area contributed by atoms with Crippen molar-refractivity contribution in [3.8, 4) is 5.75 Å². The molecule has 0 aliphatic carbocycles. The number of rotatable bonds is 3. The zero-order valence-electron chi connectivity index (χ0n) is 10.7. The molecule has 2 rings (SSSR count). The summed E-state index contributed by atoms with van der Waals surface area (Å²) in [5.41, 5.74) is 2.40. The van der Waals surface area contributed by atoms with Crippen molar-refractivity contribution < 1.29 is 9.50 Å². The Balaban J connectivity index is 2.25. The van der Waals surface area contributed by atoms with Crippen molar-refractivity contribution in [1.29, 1.82) is 0 Å². The van der Waals surface area contributed by atoms with E-state index in [-0.39, 0.29) is 11.8 Å². The molecule has 2 aromatic carbocycles. The van der Waals surface area contributed by atoms with Crippen molar-refractivity contribution in [2.45, 2.75) is 19.9 Å². The maximum atomic E-state index is 13.3. The van der Waals surface area contributed by atoms with Crippen LogP contribution in [0.2, 0.25) is 5.02 Å². The van der Waals surface area contributed by atoms with Gasteiger partial charge in [-0.05, 0) is 38.1 Å². The molecule has 0 saturated heterocycles. The Morgan fingerprint density at radius 1 is 1.21 bits per heavy atom. The number of anilines is 1. The fourth-order valence-corrected chi connectivity index (χ4v) is 2.21. The Hall–Kier alpha value is -1.74. The lowest BCUT2D eigenvalue weighted by Gasteiger charge is -2.17. The minimum Gasteiger partial charge on any atom is -0.508 e. The smallest absolute Gasteiger partial charge is 0.126 e. The van der Waals surface area contributed by atoms with Crippen molar-refractivity contribution in [1.82, 2.24) is 0 Å². The highest BCUT2D eigenvalue weighted by atomic mass is 35.5. The van der Waals surface area contributed by atoms with Gasteiger partial charge < -0.3 is 10.4 Å². The number of hydrogen-bond donors (Lipinski definition) is 2. The van der Waals surface area contributed by atoms with Crippen molar-refractivity contribution in [3.05, 3.63) is 58.4 Å². The van der Waals surface area contributed by atoms with E-state index in [0.717, 1.165) is 11.1 Å². The maximum absolute atomic E-state index is 13.3. The Morgan fingerprint density at radius 3 is 2.63 bits per heavy atom. The van der Waals surface area contributed by atoms with Gasteiger partial charge in [0.05, 0.1) is 6.04 Å². The van der Waals surface area contributed by atoms with Crippen molar-refractivity contribution >= 4 is 17.3 Å². The van der Waals surface area contributed by atoms with E-state index in [1.54, 1.807) is 12.1 Å². The summed E-state index contributed by atoms with van der Waals surface area (Å²) in [5.74, 6) is -0.177. The third kappa shape index (κ3) is 3.38. The van der Waals surface area contributed by atoms with Crippen LogP contribution in [0.4, 0.5) is 10.1 Å². The Bertz CT molecular complexity index is 580. The summed E-state index contributed by atoms with van der Waals surface area (Å²) in [6, 6.07) is 9.50. The maximum Gasteiger partial charge on any atom is 0.126 e. The SMILES string of the molecule is Cc1ccc(O)c(C(C)Nc2cc(F)cc(Cl)c2)c1. The van der Waals surface area contributed by atoms with Crippen LogP contribution in [0.3, 0.4) is 0 Å². The van der Waals surface area contributed by atoms with Crippen LogP contribution in [0.25, 0.3) is 0 Å². The van der Waals surface area contributed by atoms with E-state index < -0.39 is 5.82 Å². The predicted octanol–water partition coefficient (Wildman–Crippen LogP) is 4.67. The normalized spacial score (nSPS) is 12.2. The molecule has 0 aliphatic rings. The van der Waals surface area contributed by atoms with Crippen LogP contribution in [0.1, 0.15) is 24.1 Å². The Kier molecular flexibility index (Phi) is 3.96. The second kappa shape index (κ2) is 5.49. The van der Waals surface area contributed by atoms with Crippen LogP contribution in [0.15, 0.2) is 36.4 Å². The highest BCUT2D eigenvalue weighted by Gasteiger charge is 2.11. The monoisotopic (exact) mass is 279 g/mol. The van der Waals surface area contributed by atoms with E-state index in [0.29, 0.717) is 10.7 Å². The van der Waals surface area contributed by atoms with E-state index in [1.165, 1.54) is 12.1 Å². The summed E-state index contributed by atoms with van der Waals surface area (Å²) >= 11 is 5.81. The number of nitrogens with one attached hydrogen (secondary N) is 1. The van der Waals surface area contributed by atoms with Crippen molar-refractivity contribution in [2.24, 2.45) is 0 Å². The van der Waals surface area contributed by atoms with Crippen molar-refractivity contribution in [2.75, 3.05) is 5.32 Å². The molecule has 2 N–H and O–H groups in total. The van der Waals surface area contributed by atoms with Gasteiger partial charge in [-0.1, -0.05) is 29.3 Å². The number of phenolic OH excluding ortho intramolecular Hbond substituents is 1. The molecule has 1 atom stereocenters. The summed E-state index contributed by atoms with van der Waals surface area (Å²) in [5, 5.41) is 13.3. The fraction of sp³-hybridized carbons (Fsp3) is 0.200. The minimum absolute atomic E-state index is 0.155. The molecule has 1 unspecified atom stereocenters. The zero-order chi connectivity index (χ0) is 14.0. The van der Waals surface area contributed by atoms with Gasteiger partial charge in [0, 0.05) is 16.3 Å². The molecular formula is C15H15ClFNO. The summed E-state index contributed by atoms with van der Waals surface area (Å²) in [7, 11) is 0. The largest absolute Gasteiger partial charge is 0.508 e. The van der Waals surface area contributed by atoms with Gasteiger partial charge >= 0.3 is 0 Å². The molecule has 0 spiro atoms. The van der Waals surface area contributed by atoms with Crippen LogP contribution < -0.4 is 5.32 Å². The molecule has 0 radical (unpaired) electrons. The fourth-order valence-electron chi connectivity index (χ4n) is 1.99. The number of aromatic hydroxyl groups is 1. The first-order valence-corrected chi connectivity index (χ1v) is 6.35. The van der Waals surface area contributed by atoms with Gasteiger partial charge in [0.15, 0.2) is 0 Å². The van der Waals surface area contributed by atoms with E-state index in [9.17, 15) is 9.50 Å². The molecule has 4 heteroatoms. The summed E-state index contributed by atoms with van der Waals surface area (Å²) in [6.07, 6.45) is 0. The summed E-state index contributed by atoms with van der Waals surface area (Å²) < 4.78 is 13.3. The van der Waals surface area contributed by atoms with Gasteiger partial charge in [-0.2, -0.15) is 0 Å². The van der Waals surface area contributed by atoms with Crippen LogP contribution in [0.5, 0.6) is 5.75 Å². The van der Waals surface area contributed by atoms with Crippen molar-refractivity contribution in [3.63, 3.8) is 0 Å². The van der Waals surface area contributed by atoms with E-state index >= 15 is 0 Å². The second-order valence-electron chi connectivity index (χ2n) is 4.59. The van der Waals surface area contributed by atoms with E-state index in [2.05, 4.69) is 5.32 Å². The third-order valence-corrected chi connectivity index (χ3v) is 3.11. The zero-order valence-corrected chi connectivity index (χ0v) is 11.5. The van der Waals surface area contributed by atoms with E-state index in [1.807, 2.05) is 26.0 Å². The minimum atomic E-state index is -0.393. The first-order valence-electron chi connectivity index (χ1n) is 5.98. The average Bonchev–Trinajstić information content (AvgIpc) is 2.30. The highest BCUT2D eigenvalue weighted by molar-refractivity contribution is 6.30. The van der Waals surface area contributed by atoms with Crippen LogP contribution in [-0.2, 0) is 0 Å². The van der Waals surface area contributed by atoms with Gasteiger partial charge in [0.1, 0.15) is 11.6 Å². The van der Waals surface area contributed by atoms with Crippen LogP contribution >= 0.6 is 11.6 Å². The third-order valence-electron chi connectivity index (χ3n) is 2.90. The number of benzene rings is 2. The second-order valence-corrected chi connectivity index (χ2v) is 5.02. The van der Waals surface area contributed by atoms with Crippen LogP contribution in [-0.4, -0.2) is 5.11 Å². The highest BCUT2D eigenvalue weighted by Crippen LogP contribution is 2.29. The molecule has 0 fully saturated rings. The van der Waals surface area contributed by atoms with Gasteiger partial charge in [-0.25, -0.2) is 4.39 Å². The Labute approximate surface area is 116 Å². The average molecular weight is 280 g/mol. The van der Waals surface area contributed by atoms with Gasteiger partial charge in [-0.3, -0.25) is 0 Å². The summed E-state index contributed by atoms with van der Waals surface area (Å²) in [6.45, 7) is 3.85. The molecule has 19 heavy (non-hydrogen) atoms. The number of aryl methyl sites for hydroxylation is 1. The molecule has 0 aromatic heterocycles. The first-order chi connectivity index (χ1) is 8.95. The topological polar surface area (TPSA) is 32.3 Å². The lowest BCUT2D eigenvalue weighted by Crippen LogP contribution is -2.07. The van der Waals surface area contributed by atoms with Gasteiger partial charge in [0.25, 0.3) is 0 Å². The lowest BCUT2D eigenvalue weighted by atomic mass is 10.0. The number of halogens is 2. The first kappa shape index (κ1) is 13.7. The molecular weight excluding hydrogens is 265 g/mol. The molecule has 0 saturated carbocycles. The molecule has 2 nitrogen and oxygen atoms in total. The molecule has 2 aromatic rings. The van der Waals surface area contributed by atoms with Crippen LogP contribution in [0, 0.1) is 12.7 Å². The quantitative estimate of drug-likeness (QED) is 0.856. The molecule has 0 aliphatic heterocycles. The predicted molar refractivity (Wildman–Crippen MR) is 76.3 cm³/mol. The molecule has 0 amide bonds. The number of phenols is 1. The lowest BCUT2D eigenvalue weighted by molar-refractivity contribution is 0.465. The number of hydrogen-bond acceptors (Lipinski definition) is 2. The standard InChI is InChI=1S/C15H15ClFNO/c1-9-3-4-15(19)14(5-9)10(2)18-13-7-11(16)6-12(17)8-13/h3-8,10,18-19H,1-2H3. The van der Waals surface area contributed by atoms with Gasteiger partial charge in [-0.15, -0.1) is 0 Å². The molecule has 0 heterocycles. The molecule has 100 valence electrons. The molecule has 0 bridgehead atoms. The Morgan fingerprint density at radius 2 is 1.95 bits per heavy atom. The van der Waals surface area contributed by atoms with Gasteiger partial charge in [0.2, 0.25) is 0 Å². The van der Waals surface area contributed by atoms with E-state index in [4.69, 9.17) is 11.6 Å².